The lowest BCUT2D eigenvalue weighted by molar-refractivity contribution is 0.0466. The standard InChI is InChI=1S/C20H15N3O2/c24-19(15-7-2-1-3-8-15)25-14-17-13-16-9-4-5-10-18(16)23(17)20-21-11-6-12-22-20/h1-13H,14H2. The van der Waals surface area contributed by atoms with E-state index in [0.717, 1.165) is 16.6 Å². The summed E-state index contributed by atoms with van der Waals surface area (Å²) < 4.78 is 7.40. The summed E-state index contributed by atoms with van der Waals surface area (Å²) in [5.41, 5.74) is 2.32. The lowest BCUT2D eigenvalue weighted by Crippen LogP contribution is -2.09. The minimum atomic E-state index is -0.355. The molecular formula is C20H15N3O2. The number of carbonyl (C=O) groups is 1. The lowest BCUT2D eigenvalue weighted by Gasteiger charge is -2.09. The fourth-order valence-corrected chi connectivity index (χ4v) is 2.76. The lowest BCUT2D eigenvalue weighted by atomic mass is 10.2. The van der Waals surface area contributed by atoms with Gasteiger partial charge in [-0.25, -0.2) is 14.8 Å². The number of benzene rings is 2. The van der Waals surface area contributed by atoms with Crippen LogP contribution in [0.15, 0.2) is 79.1 Å². The highest BCUT2D eigenvalue weighted by atomic mass is 16.5. The zero-order chi connectivity index (χ0) is 17.1. The SMILES string of the molecule is O=C(OCc1cc2ccccc2n1-c1ncccn1)c1ccccc1. The third kappa shape index (κ3) is 2.99. The van der Waals surface area contributed by atoms with Gasteiger partial charge in [0.2, 0.25) is 5.95 Å². The van der Waals surface area contributed by atoms with Gasteiger partial charge in [-0.2, -0.15) is 0 Å². The second kappa shape index (κ2) is 6.57. The molecule has 5 heteroatoms. The normalized spacial score (nSPS) is 10.7. The van der Waals surface area contributed by atoms with E-state index in [0.29, 0.717) is 11.5 Å². The molecule has 0 atom stereocenters. The van der Waals surface area contributed by atoms with Crippen molar-refractivity contribution >= 4 is 16.9 Å². The third-order valence-corrected chi connectivity index (χ3v) is 3.90. The summed E-state index contributed by atoms with van der Waals surface area (Å²) in [6.07, 6.45) is 3.38. The fourth-order valence-electron chi connectivity index (χ4n) is 2.76. The molecule has 0 aliphatic carbocycles. The van der Waals surface area contributed by atoms with Crippen molar-refractivity contribution in [1.29, 1.82) is 0 Å². The summed E-state index contributed by atoms with van der Waals surface area (Å²) in [6, 6.07) is 20.6. The van der Waals surface area contributed by atoms with Gasteiger partial charge >= 0.3 is 5.97 Å². The van der Waals surface area contributed by atoms with Crippen LogP contribution in [0.2, 0.25) is 0 Å². The number of rotatable bonds is 4. The van der Waals surface area contributed by atoms with E-state index in [1.54, 1.807) is 30.6 Å². The minimum Gasteiger partial charge on any atom is -0.456 e. The Morgan fingerprint density at radius 3 is 2.44 bits per heavy atom. The molecule has 0 unspecified atom stereocenters. The van der Waals surface area contributed by atoms with Crippen LogP contribution in [-0.2, 0) is 11.3 Å². The number of nitrogens with zero attached hydrogens (tertiary/aromatic N) is 3. The third-order valence-electron chi connectivity index (χ3n) is 3.90. The first kappa shape index (κ1) is 15.1. The molecule has 0 amide bonds. The highest BCUT2D eigenvalue weighted by molar-refractivity contribution is 5.89. The Morgan fingerprint density at radius 1 is 0.920 bits per heavy atom. The number of hydrogen-bond donors (Lipinski definition) is 0. The highest BCUT2D eigenvalue weighted by Gasteiger charge is 2.14. The first-order valence-corrected chi connectivity index (χ1v) is 7.92. The van der Waals surface area contributed by atoms with E-state index in [-0.39, 0.29) is 12.6 Å². The molecule has 2 aromatic heterocycles. The van der Waals surface area contributed by atoms with Crippen molar-refractivity contribution in [2.24, 2.45) is 0 Å². The molecular weight excluding hydrogens is 314 g/mol. The van der Waals surface area contributed by atoms with Gasteiger partial charge in [-0.15, -0.1) is 0 Å². The molecule has 25 heavy (non-hydrogen) atoms. The van der Waals surface area contributed by atoms with Gasteiger partial charge in [-0.1, -0.05) is 36.4 Å². The van der Waals surface area contributed by atoms with E-state index in [1.165, 1.54) is 0 Å². The number of aromatic nitrogens is 3. The highest BCUT2D eigenvalue weighted by Crippen LogP contribution is 2.23. The van der Waals surface area contributed by atoms with Crippen molar-refractivity contribution in [2.45, 2.75) is 6.61 Å². The van der Waals surface area contributed by atoms with Gasteiger partial charge in [-0.05, 0) is 30.3 Å². The van der Waals surface area contributed by atoms with Crippen molar-refractivity contribution < 1.29 is 9.53 Å². The van der Waals surface area contributed by atoms with Crippen LogP contribution in [0.5, 0.6) is 0 Å². The number of carbonyl (C=O) groups excluding carboxylic acids is 1. The van der Waals surface area contributed by atoms with E-state index >= 15 is 0 Å². The average Bonchev–Trinajstić information content (AvgIpc) is 3.06. The summed E-state index contributed by atoms with van der Waals surface area (Å²) >= 11 is 0. The van der Waals surface area contributed by atoms with Crippen LogP contribution >= 0.6 is 0 Å². The Kier molecular flexibility index (Phi) is 3.96. The van der Waals surface area contributed by atoms with Crippen LogP contribution < -0.4 is 0 Å². The van der Waals surface area contributed by atoms with Crippen molar-refractivity contribution in [3.05, 3.63) is 90.4 Å². The van der Waals surface area contributed by atoms with E-state index in [4.69, 9.17) is 4.74 Å². The Balaban J connectivity index is 1.69. The molecule has 0 saturated carbocycles. The van der Waals surface area contributed by atoms with E-state index < -0.39 is 0 Å². The molecule has 0 aliphatic rings. The van der Waals surface area contributed by atoms with Crippen LogP contribution in [0.25, 0.3) is 16.9 Å². The fraction of sp³-hybridized carbons (Fsp3) is 0.0500. The molecule has 122 valence electrons. The molecule has 0 radical (unpaired) electrons. The Bertz CT molecular complexity index is 1010. The van der Waals surface area contributed by atoms with Gasteiger partial charge in [0.15, 0.2) is 0 Å². The first-order valence-electron chi connectivity index (χ1n) is 7.92. The molecule has 2 heterocycles. The number of esters is 1. The first-order chi connectivity index (χ1) is 12.3. The molecule has 4 rings (SSSR count). The number of fused-ring (bicyclic) bond motifs is 1. The number of ether oxygens (including phenoxy) is 1. The smallest absolute Gasteiger partial charge is 0.338 e. The number of para-hydroxylation sites is 1. The maximum atomic E-state index is 12.2. The zero-order valence-electron chi connectivity index (χ0n) is 13.4. The Hall–Kier alpha value is -3.47. The van der Waals surface area contributed by atoms with Crippen LogP contribution in [0.3, 0.4) is 0 Å². The maximum absolute atomic E-state index is 12.2. The summed E-state index contributed by atoms with van der Waals surface area (Å²) in [7, 11) is 0. The topological polar surface area (TPSA) is 57.0 Å². The van der Waals surface area contributed by atoms with Gasteiger partial charge in [0.1, 0.15) is 6.61 Å². The Morgan fingerprint density at radius 2 is 1.64 bits per heavy atom. The van der Waals surface area contributed by atoms with Crippen LogP contribution in [-0.4, -0.2) is 20.5 Å². The van der Waals surface area contributed by atoms with Crippen molar-refractivity contribution in [3.63, 3.8) is 0 Å². The second-order valence-corrected chi connectivity index (χ2v) is 5.52. The monoisotopic (exact) mass is 329 g/mol. The van der Waals surface area contributed by atoms with Gasteiger partial charge in [0.05, 0.1) is 16.8 Å². The van der Waals surface area contributed by atoms with E-state index in [1.807, 2.05) is 53.1 Å². The molecule has 0 N–H and O–H groups in total. The molecule has 0 fully saturated rings. The zero-order valence-corrected chi connectivity index (χ0v) is 13.4. The molecule has 4 aromatic rings. The van der Waals surface area contributed by atoms with E-state index in [2.05, 4.69) is 9.97 Å². The summed E-state index contributed by atoms with van der Waals surface area (Å²) in [4.78, 5) is 20.9. The summed E-state index contributed by atoms with van der Waals surface area (Å²) in [6.45, 7) is 0.140. The quantitative estimate of drug-likeness (QED) is 0.535. The van der Waals surface area contributed by atoms with Gasteiger partial charge in [0, 0.05) is 17.8 Å². The minimum absolute atomic E-state index is 0.140. The molecule has 5 nitrogen and oxygen atoms in total. The molecule has 0 saturated heterocycles. The van der Waals surface area contributed by atoms with Gasteiger partial charge < -0.3 is 4.74 Å². The predicted molar refractivity (Wildman–Crippen MR) is 94.4 cm³/mol. The molecule has 0 bridgehead atoms. The molecule has 0 spiro atoms. The Labute approximate surface area is 144 Å². The predicted octanol–water partition coefficient (Wildman–Crippen LogP) is 3.78. The van der Waals surface area contributed by atoms with Crippen LogP contribution in [0, 0.1) is 0 Å². The van der Waals surface area contributed by atoms with Crippen LogP contribution in [0.1, 0.15) is 16.1 Å². The summed E-state index contributed by atoms with van der Waals surface area (Å²) in [5.74, 6) is 0.195. The van der Waals surface area contributed by atoms with Crippen molar-refractivity contribution in [1.82, 2.24) is 14.5 Å². The number of hydrogen-bond acceptors (Lipinski definition) is 4. The van der Waals surface area contributed by atoms with Gasteiger partial charge in [0.25, 0.3) is 0 Å². The maximum Gasteiger partial charge on any atom is 0.338 e. The van der Waals surface area contributed by atoms with Gasteiger partial charge in [-0.3, -0.25) is 4.57 Å². The largest absolute Gasteiger partial charge is 0.456 e. The second-order valence-electron chi connectivity index (χ2n) is 5.52. The summed E-state index contributed by atoms with van der Waals surface area (Å²) in [5, 5.41) is 1.04. The van der Waals surface area contributed by atoms with Crippen molar-refractivity contribution in [2.75, 3.05) is 0 Å². The van der Waals surface area contributed by atoms with E-state index in [9.17, 15) is 4.79 Å². The van der Waals surface area contributed by atoms with Crippen molar-refractivity contribution in [3.8, 4) is 5.95 Å². The van der Waals surface area contributed by atoms with Crippen LogP contribution in [0.4, 0.5) is 0 Å². The average molecular weight is 329 g/mol. The molecule has 0 aliphatic heterocycles. The molecule has 2 aromatic carbocycles.